The van der Waals surface area contributed by atoms with Crippen molar-refractivity contribution in [3.05, 3.63) is 47.0 Å². The number of amides is 1. The number of benzene rings is 1. The summed E-state index contributed by atoms with van der Waals surface area (Å²) in [6.07, 6.45) is 0.357. The standard InChI is InChI=1S/C20H27N5O2/c1-13(2)25-11-16(26)10-17(25)19-22-21-18-12-23(7-8-24(18)19)20(27)15-6-4-5-14(3)9-15/h4-6,9,13,16-17,26H,7-8,10-12H2,1-3H3. The van der Waals surface area contributed by atoms with Crippen LogP contribution in [0.1, 0.15) is 53.9 Å². The van der Waals surface area contributed by atoms with Crippen molar-refractivity contribution in [1.82, 2.24) is 24.6 Å². The summed E-state index contributed by atoms with van der Waals surface area (Å²) < 4.78 is 2.14. The second-order valence-corrected chi connectivity index (χ2v) is 7.92. The zero-order chi connectivity index (χ0) is 19.1. The average molecular weight is 369 g/mol. The Hall–Kier alpha value is -2.25. The molecule has 1 saturated heterocycles. The predicted molar refractivity (Wildman–Crippen MR) is 101 cm³/mol. The highest BCUT2D eigenvalue weighted by molar-refractivity contribution is 5.94. The Morgan fingerprint density at radius 1 is 1.26 bits per heavy atom. The van der Waals surface area contributed by atoms with E-state index in [-0.39, 0.29) is 18.1 Å². The van der Waals surface area contributed by atoms with Gasteiger partial charge in [-0.2, -0.15) is 0 Å². The van der Waals surface area contributed by atoms with E-state index >= 15 is 0 Å². The number of β-amino-alcohol motifs (C(OH)–C–C–N with tert-alkyl or cyclic N) is 1. The molecule has 2 aliphatic rings. The Kier molecular flexibility index (Phi) is 4.74. The van der Waals surface area contributed by atoms with Crippen LogP contribution in [0.25, 0.3) is 0 Å². The molecule has 1 amide bonds. The average Bonchev–Trinajstić information content (AvgIpc) is 3.23. The summed E-state index contributed by atoms with van der Waals surface area (Å²) in [5, 5.41) is 19.0. The second kappa shape index (κ2) is 7.05. The van der Waals surface area contributed by atoms with E-state index in [0.717, 1.165) is 17.2 Å². The lowest BCUT2D eigenvalue weighted by atomic mass is 10.1. The maximum Gasteiger partial charge on any atom is 0.254 e. The van der Waals surface area contributed by atoms with Gasteiger partial charge in [-0.05, 0) is 39.3 Å². The normalized spacial score (nSPS) is 23.1. The molecule has 3 heterocycles. The summed E-state index contributed by atoms with van der Waals surface area (Å²) in [7, 11) is 0. The molecule has 0 saturated carbocycles. The van der Waals surface area contributed by atoms with Crippen molar-refractivity contribution in [3.63, 3.8) is 0 Å². The first-order valence-corrected chi connectivity index (χ1v) is 9.65. The van der Waals surface area contributed by atoms with E-state index in [4.69, 9.17) is 0 Å². The van der Waals surface area contributed by atoms with Crippen molar-refractivity contribution in [2.45, 2.75) is 58.5 Å². The number of carbonyl (C=O) groups excluding carboxylic acids is 1. The molecule has 1 fully saturated rings. The fraction of sp³-hybridized carbons (Fsp3) is 0.550. The molecule has 0 radical (unpaired) electrons. The fourth-order valence-corrected chi connectivity index (χ4v) is 4.22. The number of fused-ring (bicyclic) bond motifs is 1. The van der Waals surface area contributed by atoms with Crippen LogP contribution in [0.3, 0.4) is 0 Å². The van der Waals surface area contributed by atoms with Gasteiger partial charge in [0.05, 0.1) is 18.7 Å². The van der Waals surface area contributed by atoms with Crippen LogP contribution < -0.4 is 0 Å². The number of rotatable bonds is 3. The lowest BCUT2D eigenvalue weighted by Gasteiger charge is -2.31. The maximum absolute atomic E-state index is 12.8. The number of aliphatic hydroxyl groups is 1. The van der Waals surface area contributed by atoms with E-state index in [1.807, 2.05) is 36.1 Å². The molecule has 1 aromatic carbocycles. The van der Waals surface area contributed by atoms with E-state index < -0.39 is 0 Å². The third-order valence-corrected chi connectivity index (χ3v) is 5.61. The molecule has 144 valence electrons. The molecule has 1 aromatic heterocycles. The number of likely N-dealkylation sites (tertiary alicyclic amines) is 1. The minimum absolute atomic E-state index is 0.0367. The van der Waals surface area contributed by atoms with E-state index in [1.54, 1.807) is 0 Å². The van der Waals surface area contributed by atoms with Gasteiger partial charge in [0.1, 0.15) is 0 Å². The number of hydrogen-bond acceptors (Lipinski definition) is 5. The predicted octanol–water partition coefficient (Wildman–Crippen LogP) is 1.76. The molecule has 0 spiro atoms. The van der Waals surface area contributed by atoms with Gasteiger partial charge in [0.15, 0.2) is 11.6 Å². The molecule has 4 rings (SSSR count). The smallest absolute Gasteiger partial charge is 0.254 e. The fourth-order valence-electron chi connectivity index (χ4n) is 4.22. The Morgan fingerprint density at radius 3 is 2.81 bits per heavy atom. The molecule has 2 unspecified atom stereocenters. The molecule has 2 atom stereocenters. The topological polar surface area (TPSA) is 74.5 Å². The molecule has 7 heteroatoms. The van der Waals surface area contributed by atoms with Gasteiger partial charge in [0.25, 0.3) is 5.91 Å². The van der Waals surface area contributed by atoms with Crippen molar-refractivity contribution in [3.8, 4) is 0 Å². The maximum atomic E-state index is 12.8. The Labute approximate surface area is 159 Å². The number of aliphatic hydroxyl groups excluding tert-OH is 1. The van der Waals surface area contributed by atoms with Crippen molar-refractivity contribution in [2.24, 2.45) is 0 Å². The van der Waals surface area contributed by atoms with Crippen LogP contribution in [-0.4, -0.2) is 60.8 Å². The lowest BCUT2D eigenvalue weighted by Crippen LogP contribution is -2.39. The summed E-state index contributed by atoms with van der Waals surface area (Å²) >= 11 is 0. The molecule has 1 N–H and O–H groups in total. The molecule has 0 bridgehead atoms. The highest BCUT2D eigenvalue weighted by atomic mass is 16.3. The molecule has 7 nitrogen and oxygen atoms in total. The highest BCUT2D eigenvalue weighted by Gasteiger charge is 2.38. The van der Waals surface area contributed by atoms with Crippen LogP contribution >= 0.6 is 0 Å². The van der Waals surface area contributed by atoms with E-state index in [9.17, 15) is 9.90 Å². The Balaban J connectivity index is 1.55. The van der Waals surface area contributed by atoms with E-state index in [2.05, 4.69) is 33.5 Å². The van der Waals surface area contributed by atoms with Crippen LogP contribution in [0.15, 0.2) is 24.3 Å². The second-order valence-electron chi connectivity index (χ2n) is 7.92. The third-order valence-electron chi connectivity index (χ3n) is 5.61. The highest BCUT2D eigenvalue weighted by Crippen LogP contribution is 2.33. The monoisotopic (exact) mass is 369 g/mol. The van der Waals surface area contributed by atoms with Gasteiger partial charge in [0, 0.05) is 31.2 Å². The van der Waals surface area contributed by atoms with Crippen molar-refractivity contribution < 1.29 is 9.90 Å². The summed E-state index contributed by atoms with van der Waals surface area (Å²) in [5.41, 5.74) is 1.80. The van der Waals surface area contributed by atoms with E-state index in [0.29, 0.717) is 44.2 Å². The zero-order valence-electron chi connectivity index (χ0n) is 16.2. The first kappa shape index (κ1) is 18.1. The van der Waals surface area contributed by atoms with Gasteiger partial charge in [-0.1, -0.05) is 17.7 Å². The van der Waals surface area contributed by atoms with Crippen molar-refractivity contribution >= 4 is 5.91 Å². The van der Waals surface area contributed by atoms with Crippen LogP contribution in [0, 0.1) is 6.92 Å². The number of aromatic nitrogens is 3. The molecular weight excluding hydrogens is 342 g/mol. The molecule has 27 heavy (non-hydrogen) atoms. The summed E-state index contributed by atoms with van der Waals surface area (Å²) in [6.45, 7) is 8.74. The van der Waals surface area contributed by atoms with Crippen LogP contribution in [-0.2, 0) is 13.1 Å². The Bertz CT molecular complexity index is 847. The number of nitrogens with zero attached hydrogens (tertiary/aromatic N) is 5. The van der Waals surface area contributed by atoms with Gasteiger partial charge in [-0.15, -0.1) is 10.2 Å². The third kappa shape index (κ3) is 3.37. The number of carbonyl (C=O) groups is 1. The Morgan fingerprint density at radius 2 is 2.07 bits per heavy atom. The molecule has 2 aromatic rings. The minimum atomic E-state index is -0.326. The lowest BCUT2D eigenvalue weighted by molar-refractivity contribution is 0.0704. The van der Waals surface area contributed by atoms with Crippen molar-refractivity contribution in [1.29, 1.82) is 0 Å². The van der Waals surface area contributed by atoms with E-state index in [1.165, 1.54) is 0 Å². The summed E-state index contributed by atoms with van der Waals surface area (Å²) in [5.74, 6) is 1.77. The van der Waals surface area contributed by atoms with Gasteiger partial charge >= 0.3 is 0 Å². The van der Waals surface area contributed by atoms with Crippen LogP contribution in [0.2, 0.25) is 0 Å². The van der Waals surface area contributed by atoms with Gasteiger partial charge in [0.2, 0.25) is 0 Å². The number of aryl methyl sites for hydroxylation is 1. The first-order valence-electron chi connectivity index (χ1n) is 9.65. The SMILES string of the molecule is Cc1cccc(C(=O)N2CCn3c(nnc3C3CC(O)CN3C(C)C)C2)c1. The first-order chi connectivity index (χ1) is 12.9. The number of hydrogen-bond donors (Lipinski definition) is 1. The molecule has 0 aliphatic carbocycles. The summed E-state index contributed by atoms with van der Waals surface area (Å²) in [4.78, 5) is 17.0. The van der Waals surface area contributed by atoms with Crippen LogP contribution in [0.5, 0.6) is 0 Å². The van der Waals surface area contributed by atoms with Crippen LogP contribution in [0.4, 0.5) is 0 Å². The van der Waals surface area contributed by atoms with Gasteiger partial charge < -0.3 is 14.6 Å². The molecule has 2 aliphatic heterocycles. The quantitative estimate of drug-likeness (QED) is 0.892. The minimum Gasteiger partial charge on any atom is -0.392 e. The van der Waals surface area contributed by atoms with Gasteiger partial charge in [-0.25, -0.2) is 0 Å². The van der Waals surface area contributed by atoms with Crippen molar-refractivity contribution in [2.75, 3.05) is 13.1 Å². The summed E-state index contributed by atoms with van der Waals surface area (Å²) in [6, 6.07) is 8.11. The van der Waals surface area contributed by atoms with Gasteiger partial charge in [-0.3, -0.25) is 9.69 Å². The molecular formula is C20H27N5O2. The zero-order valence-corrected chi connectivity index (χ0v) is 16.2. The largest absolute Gasteiger partial charge is 0.392 e.